The minimum absolute atomic E-state index is 0.236. The van der Waals surface area contributed by atoms with Crippen LogP contribution in [0, 0.1) is 5.82 Å². The van der Waals surface area contributed by atoms with Gasteiger partial charge in [-0.1, -0.05) is 12.1 Å². The number of fused-ring (bicyclic) bond motifs is 1. The van der Waals surface area contributed by atoms with E-state index in [-0.39, 0.29) is 22.8 Å². The number of primary amides is 1. The number of pyridine rings is 2. The average Bonchev–Trinajstić information content (AvgIpc) is 2.53. The van der Waals surface area contributed by atoms with Gasteiger partial charge in [-0.05, 0) is 45.8 Å². The number of aromatic nitrogens is 2. The fourth-order valence-electron chi connectivity index (χ4n) is 2.25. The van der Waals surface area contributed by atoms with E-state index >= 15 is 0 Å². The van der Waals surface area contributed by atoms with Gasteiger partial charge in [0.05, 0.1) is 0 Å². The molecule has 0 spiro atoms. The number of aromatic hydroxyl groups is 1. The Balaban J connectivity index is 2.08. The normalized spacial score (nSPS) is 10.9. The van der Waals surface area contributed by atoms with Gasteiger partial charge < -0.3 is 10.8 Å². The number of benzene rings is 1. The van der Waals surface area contributed by atoms with E-state index in [9.17, 15) is 14.3 Å². The smallest absolute Gasteiger partial charge is 0.271 e. The summed E-state index contributed by atoms with van der Waals surface area (Å²) in [7, 11) is 0. The van der Waals surface area contributed by atoms with Crippen molar-refractivity contribution >= 4 is 32.7 Å². The highest BCUT2D eigenvalue weighted by atomic mass is 79.9. The lowest BCUT2D eigenvalue weighted by molar-refractivity contribution is 0.0993. The molecular formula is C16H11BrFN3O2. The van der Waals surface area contributed by atoms with E-state index in [1.165, 1.54) is 12.1 Å². The summed E-state index contributed by atoms with van der Waals surface area (Å²) in [5.74, 6) is -1.49. The predicted molar refractivity (Wildman–Crippen MR) is 86.6 cm³/mol. The summed E-state index contributed by atoms with van der Waals surface area (Å²) >= 11 is 3.24. The van der Waals surface area contributed by atoms with Crippen molar-refractivity contribution in [3.05, 3.63) is 63.8 Å². The Hall–Kier alpha value is -2.54. The van der Waals surface area contributed by atoms with E-state index in [4.69, 9.17) is 5.73 Å². The second kappa shape index (κ2) is 5.92. The van der Waals surface area contributed by atoms with Crippen LogP contribution in [0.4, 0.5) is 4.39 Å². The Morgan fingerprint density at radius 2 is 1.87 bits per heavy atom. The topological polar surface area (TPSA) is 89.1 Å². The molecular weight excluding hydrogens is 365 g/mol. The van der Waals surface area contributed by atoms with Gasteiger partial charge in [-0.15, -0.1) is 0 Å². The van der Waals surface area contributed by atoms with E-state index in [0.29, 0.717) is 22.1 Å². The SMILES string of the molecule is NC(=O)c1nc(Br)c2ccc(Cc3ccc(F)cc3)nc2c1O. The fraction of sp³-hybridized carbons (Fsp3) is 0.0625. The van der Waals surface area contributed by atoms with Crippen molar-refractivity contribution in [2.75, 3.05) is 0 Å². The lowest BCUT2D eigenvalue weighted by Crippen LogP contribution is -2.14. The van der Waals surface area contributed by atoms with E-state index in [2.05, 4.69) is 25.9 Å². The summed E-state index contributed by atoms with van der Waals surface area (Å²) in [6.07, 6.45) is 0.460. The molecule has 2 heterocycles. The maximum atomic E-state index is 12.9. The van der Waals surface area contributed by atoms with Crippen LogP contribution in [0.2, 0.25) is 0 Å². The van der Waals surface area contributed by atoms with Gasteiger partial charge >= 0.3 is 0 Å². The third-order valence-electron chi connectivity index (χ3n) is 3.37. The van der Waals surface area contributed by atoms with Gasteiger partial charge in [0.1, 0.15) is 15.9 Å². The monoisotopic (exact) mass is 375 g/mol. The van der Waals surface area contributed by atoms with E-state index < -0.39 is 5.91 Å². The van der Waals surface area contributed by atoms with Crippen LogP contribution in [0.1, 0.15) is 21.7 Å². The Morgan fingerprint density at radius 3 is 2.52 bits per heavy atom. The number of hydrogen-bond donors (Lipinski definition) is 2. The molecule has 1 aromatic carbocycles. The second-order valence-electron chi connectivity index (χ2n) is 4.97. The number of hydrogen-bond acceptors (Lipinski definition) is 4. The Bertz CT molecular complexity index is 913. The van der Waals surface area contributed by atoms with Crippen molar-refractivity contribution in [3.8, 4) is 5.75 Å². The van der Waals surface area contributed by atoms with Crippen LogP contribution in [-0.4, -0.2) is 21.0 Å². The molecule has 7 heteroatoms. The number of rotatable bonds is 3. The van der Waals surface area contributed by atoms with Crippen LogP contribution in [0.3, 0.4) is 0 Å². The predicted octanol–water partition coefficient (Wildman–Crippen LogP) is 2.93. The Kier molecular flexibility index (Phi) is 3.96. The highest BCUT2D eigenvalue weighted by Crippen LogP contribution is 2.31. The molecule has 0 saturated carbocycles. The first kappa shape index (κ1) is 15.4. The second-order valence-corrected chi connectivity index (χ2v) is 5.72. The van der Waals surface area contributed by atoms with E-state index in [1.54, 1.807) is 24.3 Å². The molecule has 116 valence electrons. The molecule has 0 saturated heterocycles. The summed E-state index contributed by atoms with van der Waals surface area (Å²) in [6.45, 7) is 0. The van der Waals surface area contributed by atoms with Crippen LogP contribution < -0.4 is 5.73 Å². The highest BCUT2D eigenvalue weighted by Gasteiger charge is 2.17. The van der Waals surface area contributed by atoms with Crippen molar-refractivity contribution in [2.24, 2.45) is 5.73 Å². The van der Waals surface area contributed by atoms with Gasteiger partial charge in [0.15, 0.2) is 11.4 Å². The van der Waals surface area contributed by atoms with Crippen molar-refractivity contribution < 1.29 is 14.3 Å². The number of nitrogens with two attached hydrogens (primary N) is 1. The number of carbonyl (C=O) groups excluding carboxylic acids is 1. The first-order chi connectivity index (χ1) is 11.0. The molecule has 0 aliphatic rings. The molecule has 23 heavy (non-hydrogen) atoms. The van der Waals surface area contributed by atoms with Crippen LogP contribution in [-0.2, 0) is 6.42 Å². The molecule has 3 aromatic rings. The summed E-state index contributed by atoms with van der Waals surface area (Å²) in [5.41, 5.74) is 6.74. The van der Waals surface area contributed by atoms with Crippen molar-refractivity contribution in [1.82, 2.24) is 9.97 Å². The molecule has 0 aliphatic heterocycles. The number of carbonyl (C=O) groups is 1. The lowest BCUT2D eigenvalue weighted by atomic mass is 10.1. The van der Waals surface area contributed by atoms with Gasteiger partial charge in [-0.3, -0.25) is 4.79 Å². The van der Waals surface area contributed by atoms with Gasteiger partial charge in [0.25, 0.3) is 5.91 Å². The third-order valence-corrected chi connectivity index (χ3v) is 3.97. The van der Waals surface area contributed by atoms with Crippen LogP contribution in [0.25, 0.3) is 10.9 Å². The first-order valence-corrected chi connectivity index (χ1v) is 7.47. The zero-order valence-electron chi connectivity index (χ0n) is 11.8. The standard InChI is InChI=1S/C16H11BrFN3O2/c17-15-11-6-5-10(7-8-1-3-9(18)4-2-8)20-12(11)14(22)13(21-15)16(19)23/h1-6,22H,7H2,(H2,19,23). The maximum absolute atomic E-state index is 12.9. The Labute approximate surface area is 139 Å². The molecule has 0 atom stereocenters. The van der Waals surface area contributed by atoms with E-state index in [1.807, 2.05) is 0 Å². The minimum Gasteiger partial charge on any atom is -0.504 e. The molecule has 1 amide bonds. The maximum Gasteiger partial charge on any atom is 0.271 e. The van der Waals surface area contributed by atoms with Gasteiger partial charge in [0.2, 0.25) is 0 Å². The molecule has 3 N–H and O–H groups in total. The van der Waals surface area contributed by atoms with Crippen molar-refractivity contribution in [1.29, 1.82) is 0 Å². The number of halogens is 2. The first-order valence-electron chi connectivity index (χ1n) is 6.68. The molecule has 0 unspecified atom stereocenters. The van der Waals surface area contributed by atoms with Gasteiger partial charge in [-0.2, -0.15) is 0 Å². The van der Waals surface area contributed by atoms with E-state index in [0.717, 1.165) is 5.56 Å². The third kappa shape index (κ3) is 3.00. The lowest BCUT2D eigenvalue weighted by Gasteiger charge is -2.08. The zero-order valence-corrected chi connectivity index (χ0v) is 13.3. The van der Waals surface area contributed by atoms with Crippen molar-refractivity contribution in [3.63, 3.8) is 0 Å². The van der Waals surface area contributed by atoms with Gasteiger partial charge in [-0.25, -0.2) is 14.4 Å². The number of amides is 1. The minimum atomic E-state index is -0.837. The molecule has 0 bridgehead atoms. The number of nitrogens with zero attached hydrogens (tertiary/aromatic N) is 2. The Morgan fingerprint density at radius 1 is 1.17 bits per heavy atom. The van der Waals surface area contributed by atoms with Crippen LogP contribution >= 0.6 is 15.9 Å². The fourth-order valence-corrected chi connectivity index (χ4v) is 2.75. The summed E-state index contributed by atoms with van der Waals surface area (Å²) in [5, 5.41) is 10.7. The van der Waals surface area contributed by atoms with Crippen LogP contribution in [0.15, 0.2) is 41.0 Å². The van der Waals surface area contributed by atoms with Crippen molar-refractivity contribution in [2.45, 2.75) is 6.42 Å². The zero-order chi connectivity index (χ0) is 16.6. The average molecular weight is 376 g/mol. The van der Waals surface area contributed by atoms with Crippen LogP contribution in [0.5, 0.6) is 5.75 Å². The molecule has 3 rings (SSSR count). The summed E-state index contributed by atoms with van der Waals surface area (Å²) in [6, 6.07) is 9.60. The molecule has 2 aromatic heterocycles. The molecule has 0 aliphatic carbocycles. The largest absolute Gasteiger partial charge is 0.504 e. The molecule has 0 radical (unpaired) electrons. The quantitative estimate of drug-likeness (QED) is 0.688. The highest BCUT2D eigenvalue weighted by molar-refractivity contribution is 9.10. The van der Waals surface area contributed by atoms with Gasteiger partial charge in [0, 0.05) is 17.5 Å². The molecule has 0 fully saturated rings. The summed E-state index contributed by atoms with van der Waals surface area (Å²) in [4.78, 5) is 19.7. The molecule has 5 nitrogen and oxygen atoms in total. The summed E-state index contributed by atoms with van der Waals surface area (Å²) < 4.78 is 13.3.